The Bertz CT molecular complexity index is 991. The van der Waals surface area contributed by atoms with E-state index in [1.807, 2.05) is 42.7 Å². The van der Waals surface area contributed by atoms with Crippen LogP contribution in [0.25, 0.3) is 11.0 Å². The van der Waals surface area contributed by atoms with E-state index in [0.717, 1.165) is 55.3 Å². The lowest BCUT2D eigenvalue weighted by Crippen LogP contribution is -2.35. The fourth-order valence-electron chi connectivity index (χ4n) is 3.96. The molecule has 0 spiro atoms. The fraction of sp³-hybridized carbons (Fsp3) is 0.391. The number of aromatic nitrogens is 2. The van der Waals surface area contributed by atoms with Gasteiger partial charge in [-0.15, -0.1) is 0 Å². The maximum atomic E-state index is 12.8. The van der Waals surface area contributed by atoms with E-state index in [4.69, 9.17) is 4.74 Å². The van der Waals surface area contributed by atoms with Crippen molar-refractivity contribution in [3.8, 4) is 0 Å². The Morgan fingerprint density at radius 3 is 2.72 bits per heavy atom. The summed E-state index contributed by atoms with van der Waals surface area (Å²) in [6, 6.07) is 16.1. The number of benzene rings is 2. The van der Waals surface area contributed by atoms with Gasteiger partial charge in [0.1, 0.15) is 11.9 Å². The molecular formula is C23H28N4O2. The number of aryl methyl sites for hydroxylation is 1. The summed E-state index contributed by atoms with van der Waals surface area (Å²) in [5.74, 6) is 0.844. The average Bonchev–Trinajstić information content (AvgIpc) is 3.08. The van der Waals surface area contributed by atoms with E-state index in [2.05, 4.69) is 39.5 Å². The first-order chi connectivity index (χ1) is 14.1. The fourth-order valence-corrected chi connectivity index (χ4v) is 3.96. The van der Waals surface area contributed by atoms with Crippen molar-refractivity contribution in [1.82, 2.24) is 19.8 Å². The second-order valence-electron chi connectivity index (χ2n) is 7.62. The highest BCUT2D eigenvalue weighted by molar-refractivity contribution is 5.84. The Morgan fingerprint density at radius 2 is 1.90 bits per heavy atom. The molecule has 4 rings (SSSR count). The van der Waals surface area contributed by atoms with Gasteiger partial charge in [-0.25, -0.2) is 4.98 Å². The second kappa shape index (κ2) is 8.76. The van der Waals surface area contributed by atoms with Crippen LogP contribution >= 0.6 is 0 Å². The summed E-state index contributed by atoms with van der Waals surface area (Å²) in [6.45, 7) is 8.84. The highest BCUT2D eigenvalue weighted by Gasteiger charge is 2.19. The third kappa shape index (κ3) is 4.49. The number of fused-ring (bicyclic) bond motifs is 1. The summed E-state index contributed by atoms with van der Waals surface area (Å²) in [5, 5.41) is 3.09. The van der Waals surface area contributed by atoms with Crippen molar-refractivity contribution in [2.75, 3.05) is 26.3 Å². The van der Waals surface area contributed by atoms with E-state index in [1.165, 1.54) is 5.56 Å². The number of imidazole rings is 1. The van der Waals surface area contributed by atoms with Gasteiger partial charge in [-0.3, -0.25) is 9.69 Å². The highest BCUT2D eigenvalue weighted by Crippen LogP contribution is 2.21. The largest absolute Gasteiger partial charge is 0.379 e. The Hall–Kier alpha value is -2.70. The first-order valence-electron chi connectivity index (χ1n) is 10.2. The minimum absolute atomic E-state index is 0.00478. The molecule has 0 bridgehead atoms. The molecule has 3 aromatic rings. The van der Waals surface area contributed by atoms with E-state index in [0.29, 0.717) is 6.54 Å². The van der Waals surface area contributed by atoms with Crippen LogP contribution in [-0.2, 0) is 22.6 Å². The van der Waals surface area contributed by atoms with Gasteiger partial charge in [-0.1, -0.05) is 36.4 Å². The normalized spacial score (nSPS) is 16.1. The molecule has 0 unspecified atom stereocenters. The van der Waals surface area contributed by atoms with Crippen LogP contribution in [0.5, 0.6) is 0 Å². The zero-order valence-corrected chi connectivity index (χ0v) is 17.1. The highest BCUT2D eigenvalue weighted by atomic mass is 16.5. The smallest absolute Gasteiger partial charge is 0.243 e. The molecule has 0 radical (unpaired) electrons. The molecule has 6 heteroatoms. The van der Waals surface area contributed by atoms with E-state index < -0.39 is 0 Å². The molecule has 1 aliphatic rings. The zero-order valence-electron chi connectivity index (χ0n) is 17.1. The van der Waals surface area contributed by atoms with Crippen LogP contribution in [0.2, 0.25) is 0 Å². The van der Waals surface area contributed by atoms with Crippen LogP contribution in [0.15, 0.2) is 48.5 Å². The Balaban J connectivity index is 1.40. The van der Waals surface area contributed by atoms with Crippen molar-refractivity contribution in [3.63, 3.8) is 0 Å². The number of hydrogen-bond donors (Lipinski definition) is 1. The van der Waals surface area contributed by atoms with Gasteiger partial charge < -0.3 is 14.6 Å². The minimum atomic E-state index is -0.320. The maximum absolute atomic E-state index is 12.8. The lowest BCUT2D eigenvalue weighted by atomic mass is 10.1. The van der Waals surface area contributed by atoms with Gasteiger partial charge in [0, 0.05) is 26.2 Å². The lowest BCUT2D eigenvalue weighted by Gasteiger charge is -2.26. The number of ether oxygens (including phenoxy) is 1. The third-order valence-corrected chi connectivity index (χ3v) is 5.51. The predicted octanol–water partition coefficient (Wildman–Crippen LogP) is 3.05. The summed E-state index contributed by atoms with van der Waals surface area (Å²) < 4.78 is 7.42. The van der Waals surface area contributed by atoms with Gasteiger partial charge in [-0.05, 0) is 37.1 Å². The van der Waals surface area contributed by atoms with Crippen molar-refractivity contribution < 1.29 is 9.53 Å². The molecule has 152 valence electrons. The number of rotatable bonds is 6. The first-order valence-corrected chi connectivity index (χ1v) is 10.2. The maximum Gasteiger partial charge on any atom is 0.243 e. The van der Waals surface area contributed by atoms with Crippen LogP contribution in [0.1, 0.15) is 29.9 Å². The van der Waals surface area contributed by atoms with Crippen molar-refractivity contribution in [1.29, 1.82) is 0 Å². The van der Waals surface area contributed by atoms with Crippen LogP contribution in [0.4, 0.5) is 0 Å². The van der Waals surface area contributed by atoms with Gasteiger partial charge in [0.2, 0.25) is 5.91 Å². The van der Waals surface area contributed by atoms with Gasteiger partial charge in [-0.2, -0.15) is 0 Å². The molecule has 6 nitrogen and oxygen atoms in total. The number of para-hydroxylation sites is 2. The molecule has 29 heavy (non-hydrogen) atoms. The molecule has 0 aliphatic carbocycles. The average molecular weight is 393 g/mol. The van der Waals surface area contributed by atoms with Gasteiger partial charge in [0.05, 0.1) is 24.2 Å². The molecule has 1 aromatic heterocycles. The quantitative estimate of drug-likeness (QED) is 0.700. The SMILES string of the molecule is Cc1nc2ccccc2n1[C@@H](C)C(=O)NCc1cccc(CN2CCOCC2)c1. The molecule has 1 aliphatic heterocycles. The number of hydrogen-bond acceptors (Lipinski definition) is 4. The second-order valence-corrected chi connectivity index (χ2v) is 7.62. The van der Waals surface area contributed by atoms with Crippen molar-refractivity contribution in [2.24, 2.45) is 0 Å². The van der Waals surface area contributed by atoms with Crippen LogP contribution in [-0.4, -0.2) is 46.7 Å². The van der Waals surface area contributed by atoms with Crippen LogP contribution in [0.3, 0.4) is 0 Å². The number of morpholine rings is 1. The van der Waals surface area contributed by atoms with Crippen LogP contribution in [0, 0.1) is 6.92 Å². The molecular weight excluding hydrogens is 364 g/mol. The molecule has 2 heterocycles. The van der Waals surface area contributed by atoms with Gasteiger partial charge in [0.25, 0.3) is 0 Å². The number of nitrogens with zero attached hydrogens (tertiary/aromatic N) is 3. The van der Waals surface area contributed by atoms with E-state index in [-0.39, 0.29) is 11.9 Å². The summed E-state index contributed by atoms with van der Waals surface area (Å²) in [4.78, 5) is 19.8. The number of carbonyl (C=O) groups excluding carboxylic acids is 1. The molecule has 1 amide bonds. The van der Waals surface area contributed by atoms with E-state index in [9.17, 15) is 4.79 Å². The Morgan fingerprint density at radius 1 is 1.14 bits per heavy atom. The van der Waals surface area contributed by atoms with Crippen molar-refractivity contribution >= 4 is 16.9 Å². The number of carbonyl (C=O) groups is 1. The number of amides is 1. The molecule has 0 saturated carbocycles. The summed E-state index contributed by atoms with van der Waals surface area (Å²) >= 11 is 0. The lowest BCUT2D eigenvalue weighted by molar-refractivity contribution is -0.124. The monoisotopic (exact) mass is 392 g/mol. The first kappa shape index (κ1) is 19.6. The Kier molecular flexibility index (Phi) is 5.92. The Labute approximate surface area is 171 Å². The van der Waals surface area contributed by atoms with Gasteiger partial charge >= 0.3 is 0 Å². The molecule has 1 N–H and O–H groups in total. The number of nitrogens with one attached hydrogen (secondary N) is 1. The summed E-state index contributed by atoms with van der Waals surface area (Å²) in [6.07, 6.45) is 0. The van der Waals surface area contributed by atoms with Crippen molar-refractivity contribution in [2.45, 2.75) is 33.0 Å². The predicted molar refractivity (Wildman–Crippen MR) is 114 cm³/mol. The topological polar surface area (TPSA) is 59.4 Å². The molecule has 1 fully saturated rings. The minimum Gasteiger partial charge on any atom is -0.379 e. The van der Waals surface area contributed by atoms with Crippen LogP contribution < -0.4 is 5.32 Å². The third-order valence-electron chi connectivity index (χ3n) is 5.51. The molecule has 1 atom stereocenters. The zero-order chi connectivity index (χ0) is 20.2. The standard InChI is InChI=1S/C23H28N4O2/c1-17(27-18(2)25-21-8-3-4-9-22(21)27)23(28)24-15-19-6-5-7-20(14-19)16-26-10-12-29-13-11-26/h3-9,14,17H,10-13,15-16H2,1-2H3,(H,24,28)/t17-/m0/s1. The van der Waals surface area contributed by atoms with E-state index >= 15 is 0 Å². The summed E-state index contributed by atoms with van der Waals surface area (Å²) in [5.41, 5.74) is 4.28. The van der Waals surface area contributed by atoms with Crippen molar-refractivity contribution in [3.05, 3.63) is 65.5 Å². The molecule has 2 aromatic carbocycles. The molecule has 1 saturated heterocycles. The van der Waals surface area contributed by atoms with E-state index in [1.54, 1.807) is 0 Å². The summed E-state index contributed by atoms with van der Waals surface area (Å²) in [7, 11) is 0. The van der Waals surface area contributed by atoms with Gasteiger partial charge in [0.15, 0.2) is 0 Å².